The summed E-state index contributed by atoms with van der Waals surface area (Å²) in [5.74, 6) is 1.43. The Hall–Kier alpha value is -3.19. The molecular weight excluding hydrogens is 442 g/mol. The van der Waals surface area contributed by atoms with E-state index in [4.69, 9.17) is 9.26 Å². The lowest BCUT2D eigenvalue weighted by atomic mass is 9.98. The monoisotopic (exact) mass is 473 g/mol. The van der Waals surface area contributed by atoms with E-state index in [1.165, 1.54) is 5.56 Å². The molecule has 0 radical (unpaired) electrons. The van der Waals surface area contributed by atoms with Gasteiger partial charge < -0.3 is 19.3 Å². The summed E-state index contributed by atoms with van der Waals surface area (Å²) in [6.45, 7) is 4.40. The van der Waals surface area contributed by atoms with Gasteiger partial charge in [0.05, 0.1) is 24.0 Å². The van der Waals surface area contributed by atoms with Crippen molar-refractivity contribution in [1.82, 2.24) is 10.1 Å². The van der Waals surface area contributed by atoms with Crippen LogP contribution in [0.5, 0.6) is 0 Å². The van der Waals surface area contributed by atoms with E-state index < -0.39 is 5.97 Å². The fourth-order valence-corrected chi connectivity index (χ4v) is 5.93. The van der Waals surface area contributed by atoms with Gasteiger partial charge in [-0.3, -0.25) is 0 Å². The van der Waals surface area contributed by atoms with Gasteiger partial charge in [-0.15, -0.1) is 0 Å². The van der Waals surface area contributed by atoms with Crippen LogP contribution in [0.2, 0.25) is 0 Å². The Morgan fingerprint density at radius 3 is 2.49 bits per heavy atom. The van der Waals surface area contributed by atoms with Gasteiger partial charge in [0.2, 0.25) is 0 Å². The molecule has 3 fully saturated rings. The Kier molecular flexibility index (Phi) is 5.60. The zero-order valence-electron chi connectivity index (χ0n) is 20.2. The van der Waals surface area contributed by atoms with Crippen molar-refractivity contribution in [3.8, 4) is 11.3 Å². The molecule has 2 aliphatic heterocycles. The molecule has 3 atom stereocenters. The molecule has 1 unspecified atom stereocenters. The number of carboxylic acid groups (broad SMARTS) is 1. The minimum absolute atomic E-state index is 0.176. The van der Waals surface area contributed by atoms with Crippen molar-refractivity contribution >= 4 is 11.8 Å². The van der Waals surface area contributed by atoms with Gasteiger partial charge in [-0.25, -0.2) is 9.78 Å². The average Bonchev–Trinajstić information content (AvgIpc) is 3.54. The molecule has 1 aliphatic carbocycles. The molecule has 182 valence electrons. The summed E-state index contributed by atoms with van der Waals surface area (Å²) in [4.78, 5) is 18.4. The zero-order chi connectivity index (χ0) is 24.1. The number of hydrogen-bond donors (Lipinski definition) is 1. The highest BCUT2D eigenvalue weighted by atomic mass is 16.5. The van der Waals surface area contributed by atoms with E-state index in [1.54, 1.807) is 13.0 Å². The topological polar surface area (TPSA) is 88.7 Å². The number of piperidine rings is 1. The van der Waals surface area contributed by atoms with Crippen molar-refractivity contribution in [3.05, 3.63) is 64.5 Å². The second-order valence-corrected chi connectivity index (χ2v) is 10.3. The summed E-state index contributed by atoms with van der Waals surface area (Å²) in [5.41, 5.74) is 5.16. The molecule has 3 aliphatic rings. The van der Waals surface area contributed by atoms with Crippen LogP contribution in [0.4, 0.5) is 5.82 Å². The standard InChI is InChI=1S/C28H31N3O4/c1-16-5-3-4-6-22(16)26-24(27(35-30-26)18-7-8-18)15-34-21-13-19-9-10-20(14-21)31(19)25-12-11-23(28(32)33)17(2)29-25/h3-6,11-12,18-21H,7-10,13-15H2,1-2H3,(H,32,33)/t19-,20+,21?. The maximum atomic E-state index is 11.4. The molecule has 0 spiro atoms. The summed E-state index contributed by atoms with van der Waals surface area (Å²) in [5, 5.41) is 13.8. The molecule has 0 amide bonds. The fraction of sp³-hybridized carbons (Fsp3) is 0.464. The predicted octanol–water partition coefficient (Wildman–Crippen LogP) is 5.65. The first-order chi connectivity index (χ1) is 17.0. The van der Waals surface area contributed by atoms with Crippen LogP contribution in [-0.4, -0.2) is 39.4 Å². The number of rotatable bonds is 7. The van der Waals surface area contributed by atoms with Crippen molar-refractivity contribution in [2.24, 2.45) is 0 Å². The molecule has 3 aromatic rings. The lowest BCUT2D eigenvalue weighted by molar-refractivity contribution is 0.0146. The molecule has 2 bridgehead atoms. The SMILES string of the molecule is Cc1ccccc1-c1noc(C2CC2)c1COC1C[C@H]2CC[C@@H](C1)N2c1ccc(C(=O)O)c(C)n1. The van der Waals surface area contributed by atoms with Gasteiger partial charge in [0.1, 0.15) is 17.3 Å². The van der Waals surface area contributed by atoms with Gasteiger partial charge in [0, 0.05) is 29.1 Å². The number of aryl methyl sites for hydroxylation is 2. The van der Waals surface area contributed by atoms with Crippen LogP contribution in [0.3, 0.4) is 0 Å². The first-order valence-corrected chi connectivity index (χ1v) is 12.6. The Balaban J connectivity index is 1.18. The molecule has 6 rings (SSSR count). The molecule has 1 saturated carbocycles. The van der Waals surface area contributed by atoms with E-state index in [2.05, 4.69) is 34.1 Å². The number of hydrogen-bond acceptors (Lipinski definition) is 6. The highest BCUT2D eigenvalue weighted by Crippen LogP contribution is 2.45. The number of carboxylic acids is 1. The van der Waals surface area contributed by atoms with Crippen LogP contribution >= 0.6 is 0 Å². The molecular formula is C28H31N3O4. The van der Waals surface area contributed by atoms with Crippen LogP contribution in [0.1, 0.15) is 77.4 Å². The molecule has 2 saturated heterocycles. The molecule has 1 N–H and O–H groups in total. The number of anilines is 1. The van der Waals surface area contributed by atoms with Crippen LogP contribution in [0, 0.1) is 13.8 Å². The number of ether oxygens (including phenoxy) is 1. The lowest BCUT2D eigenvalue weighted by Crippen LogP contribution is -2.46. The predicted molar refractivity (Wildman–Crippen MR) is 132 cm³/mol. The number of nitrogens with zero attached hydrogens (tertiary/aromatic N) is 3. The first-order valence-electron chi connectivity index (χ1n) is 12.6. The summed E-state index contributed by atoms with van der Waals surface area (Å²) in [7, 11) is 0. The van der Waals surface area contributed by atoms with Crippen molar-refractivity contribution in [3.63, 3.8) is 0 Å². The quantitative estimate of drug-likeness (QED) is 0.475. The van der Waals surface area contributed by atoms with E-state index in [0.29, 0.717) is 30.3 Å². The highest BCUT2D eigenvalue weighted by Gasteiger charge is 2.42. The Morgan fingerprint density at radius 2 is 1.83 bits per heavy atom. The van der Waals surface area contributed by atoms with E-state index in [9.17, 15) is 9.90 Å². The second-order valence-electron chi connectivity index (χ2n) is 10.3. The lowest BCUT2D eigenvalue weighted by Gasteiger charge is -2.39. The third-order valence-corrected chi connectivity index (χ3v) is 7.89. The first kappa shape index (κ1) is 22.3. The molecule has 35 heavy (non-hydrogen) atoms. The van der Waals surface area contributed by atoms with E-state index in [1.807, 2.05) is 18.2 Å². The molecule has 4 heterocycles. The molecule has 7 heteroatoms. The minimum atomic E-state index is -0.930. The van der Waals surface area contributed by atoms with Gasteiger partial charge in [0.15, 0.2) is 0 Å². The van der Waals surface area contributed by atoms with E-state index >= 15 is 0 Å². The van der Waals surface area contributed by atoms with Crippen LogP contribution in [0.15, 0.2) is 40.9 Å². The maximum absolute atomic E-state index is 11.4. The smallest absolute Gasteiger partial charge is 0.337 e. The van der Waals surface area contributed by atoms with Gasteiger partial charge in [-0.1, -0.05) is 29.4 Å². The maximum Gasteiger partial charge on any atom is 0.337 e. The Labute approximate surface area is 205 Å². The number of carbonyl (C=O) groups is 1. The second kappa shape index (κ2) is 8.79. The molecule has 7 nitrogen and oxygen atoms in total. The van der Waals surface area contributed by atoms with Crippen LogP contribution in [0.25, 0.3) is 11.3 Å². The summed E-state index contributed by atoms with van der Waals surface area (Å²) in [6.07, 6.45) is 6.61. The van der Waals surface area contributed by atoms with Crippen molar-refractivity contribution in [2.75, 3.05) is 4.90 Å². The summed E-state index contributed by atoms with van der Waals surface area (Å²) >= 11 is 0. The largest absolute Gasteiger partial charge is 0.478 e. The number of benzene rings is 1. The van der Waals surface area contributed by atoms with Crippen molar-refractivity contribution in [1.29, 1.82) is 0 Å². The van der Waals surface area contributed by atoms with Gasteiger partial charge in [0.25, 0.3) is 0 Å². The number of fused-ring (bicyclic) bond motifs is 2. The van der Waals surface area contributed by atoms with Crippen molar-refractivity contribution < 1.29 is 19.2 Å². The van der Waals surface area contributed by atoms with Crippen LogP contribution < -0.4 is 4.90 Å². The third-order valence-electron chi connectivity index (χ3n) is 7.89. The minimum Gasteiger partial charge on any atom is -0.478 e. The molecule has 2 aromatic heterocycles. The van der Waals surface area contributed by atoms with Crippen molar-refractivity contribution in [2.45, 2.75) is 83.1 Å². The zero-order valence-corrected chi connectivity index (χ0v) is 20.2. The van der Waals surface area contributed by atoms with Crippen LogP contribution in [-0.2, 0) is 11.3 Å². The Bertz CT molecular complexity index is 1250. The summed E-state index contributed by atoms with van der Waals surface area (Å²) in [6, 6.07) is 12.6. The highest BCUT2D eigenvalue weighted by molar-refractivity contribution is 5.89. The third kappa shape index (κ3) is 4.12. The van der Waals surface area contributed by atoms with Gasteiger partial charge >= 0.3 is 5.97 Å². The normalized spacial score (nSPS) is 23.6. The van der Waals surface area contributed by atoms with E-state index in [-0.39, 0.29) is 11.7 Å². The number of aromatic carboxylic acids is 1. The van der Waals surface area contributed by atoms with Gasteiger partial charge in [-0.2, -0.15) is 0 Å². The summed E-state index contributed by atoms with van der Waals surface area (Å²) < 4.78 is 12.4. The number of aromatic nitrogens is 2. The Morgan fingerprint density at radius 1 is 1.09 bits per heavy atom. The van der Waals surface area contributed by atoms with E-state index in [0.717, 1.165) is 66.9 Å². The number of pyridine rings is 1. The average molecular weight is 474 g/mol. The van der Waals surface area contributed by atoms with Gasteiger partial charge in [-0.05, 0) is 70.1 Å². The fourth-order valence-electron chi connectivity index (χ4n) is 5.93. The molecule has 1 aromatic carbocycles.